The SMILES string of the molecule is c1ccc2c(c1)Nc1c(CCCCCCc3cccc4c3Nc3ccccc3S4)cccc1S2. The number of hydrogen-bond acceptors (Lipinski definition) is 4. The number of anilines is 4. The number of hydrogen-bond donors (Lipinski definition) is 2. The first-order chi connectivity index (χ1) is 16.8. The van der Waals surface area contributed by atoms with Crippen molar-refractivity contribution in [1.82, 2.24) is 0 Å². The standard InChI is InChI=1S/C30H28N2S2/c1(3-11-21-13-9-19-27-29(21)31-23-15-5-7-17-25(23)33-27)2-4-12-22-14-10-20-28-30(22)32-24-16-6-8-18-26(24)34-28/h5-10,13-20,31-32H,1-4,11-12H2. The monoisotopic (exact) mass is 480 g/mol. The average molecular weight is 481 g/mol. The van der Waals surface area contributed by atoms with Crippen LogP contribution in [-0.4, -0.2) is 0 Å². The minimum Gasteiger partial charge on any atom is -0.353 e. The summed E-state index contributed by atoms with van der Waals surface area (Å²) in [6.07, 6.45) is 7.28. The molecule has 2 N–H and O–H groups in total. The Bertz CT molecular complexity index is 1230. The molecule has 0 amide bonds. The van der Waals surface area contributed by atoms with Crippen LogP contribution in [0.2, 0.25) is 0 Å². The van der Waals surface area contributed by atoms with Gasteiger partial charge in [-0.15, -0.1) is 0 Å². The summed E-state index contributed by atoms with van der Waals surface area (Å²) in [6.45, 7) is 0. The van der Waals surface area contributed by atoms with Crippen molar-refractivity contribution in [3.63, 3.8) is 0 Å². The van der Waals surface area contributed by atoms with Crippen LogP contribution in [0.25, 0.3) is 0 Å². The Hall–Kier alpha value is -2.82. The van der Waals surface area contributed by atoms with Crippen LogP contribution in [0.3, 0.4) is 0 Å². The van der Waals surface area contributed by atoms with Crippen LogP contribution in [0.1, 0.15) is 36.8 Å². The molecule has 170 valence electrons. The molecule has 0 fully saturated rings. The summed E-state index contributed by atoms with van der Waals surface area (Å²) in [4.78, 5) is 5.31. The molecular weight excluding hydrogens is 452 g/mol. The van der Waals surface area contributed by atoms with Crippen molar-refractivity contribution in [2.45, 2.75) is 58.1 Å². The summed E-state index contributed by atoms with van der Waals surface area (Å²) in [5.74, 6) is 0. The van der Waals surface area contributed by atoms with Gasteiger partial charge < -0.3 is 10.6 Å². The molecule has 4 aromatic rings. The number of benzene rings is 4. The van der Waals surface area contributed by atoms with Gasteiger partial charge in [-0.3, -0.25) is 0 Å². The molecule has 0 saturated carbocycles. The maximum Gasteiger partial charge on any atom is 0.0558 e. The fourth-order valence-electron chi connectivity index (χ4n) is 4.83. The molecule has 2 heterocycles. The molecule has 2 nitrogen and oxygen atoms in total. The molecule has 0 spiro atoms. The Kier molecular flexibility index (Phi) is 6.26. The van der Waals surface area contributed by atoms with Crippen molar-refractivity contribution in [3.8, 4) is 0 Å². The predicted molar refractivity (Wildman–Crippen MR) is 146 cm³/mol. The molecule has 0 bridgehead atoms. The summed E-state index contributed by atoms with van der Waals surface area (Å²) in [7, 11) is 0. The van der Waals surface area contributed by atoms with Gasteiger partial charge in [-0.25, -0.2) is 0 Å². The van der Waals surface area contributed by atoms with E-state index < -0.39 is 0 Å². The zero-order chi connectivity index (χ0) is 22.7. The second kappa shape index (κ2) is 9.81. The van der Waals surface area contributed by atoms with Gasteiger partial charge in [0.2, 0.25) is 0 Å². The summed E-state index contributed by atoms with van der Waals surface area (Å²) in [5, 5.41) is 7.38. The van der Waals surface area contributed by atoms with Crippen LogP contribution in [0.5, 0.6) is 0 Å². The van der Waals surface area contributed by atoms with E-state index in [1.165, 1.54) is 79.1 Å². The van der Waals surface area contributed by atoms with Crippen molar-refractivity contribution in [2.75, 3.05) is 10.6 Å². The van der Waals surface area contributed by atoms with Gasteiger partial charge in [-0.1, -0.05) is 84.9 Å². The van der Waals surface area contributed by atoms with Crippen LogP contribution in [-0.2, 0) is 12.8 Å². The first-order valence-electron chi connectivity index (χ1n) is 12.2. The summed E-state index contributed by atoms with van der Waals surface area (Å²) in [6, 6.07) is 30.6. The fraction of sp³-hybridized carbons (Fsp3) is 0.200. The van der Waals surface area contributed by atoms with Gasteiger partial charge in [-0.05, 0) is 73.2 Å². The second-order valence-corrected chi connectivity index (χ2v) is 11.1. The number of fused-ring (bicyclic) bond motifs is 4. The first-order valence-corrected chi connectivity index (χ1v) is 13.8. The molecule has 6 rings (SSSR count). The van der Waals surface area contributed by atoms with Crippen LogP contribution in [0.15, 0.2) is 105 Å². The Morgan fingerprint density at radius 1 is 0.441 bits per heavy atom. The highest BCUT2D eigenvalue weighted by molar-refractivity contribution is 8.00. The number of rotatable bonds is 7. The highest BCUT2D eigenvalue weighted by Gasteiger charge is 2.19. The van der Waals surface area contributed by atoms with Gasteiger partial charge in [0, 0.05) is 19.6 Å². The smallest absolute Gasteiger partial charge is 0.0558 e. The fourth-order valence-corrected chi connectivity index (χ4v) is 6.92. The lowest BCUT2D eigenvalue weighted by atomic mass is 10.0. The van der Waals surface area contributed by atoms with Gasteiger partial charge in [0.25, 0.3) is 0 Å². The maximum atomic E-state index is 3.69. The molecule has 0 aromatic heterocycles. The average Bonchev–Trinajstić information content (AvgIpc) is 2.88. The number of aryl methyl sites for hydroxylation is 2. The van der Waals surface area contributed by atoms with E-state index in [1.807, 2.05) is 23.5 Å². The van der Waals surface area contributed by atoms with E-state index >= 15 is 0 Å². The lowest BCUT2D eigenvalue weighted by Gasteiger charge is -2.23. The molecule has 34 heavy (non-hydrogen) atoms. The third kappa shape index (κ3) is 4.45. The quantitative estimate of drug-likeness (QED) is 0.222. The molecule has 0 unspecified atom stereocenters. The number of nitrogens with one attached hydrogen (secondary N) is 2. The third-order valence-corrected chi connectivity index (χ3v) is 8.87. The molecule has 0 saturated heterocycles. The topological polar surface area (TPSA) is 24.1 Å². The summed E-state index contributed by atoms with van der Waals surface area (Å²) >= 11 is 3.76. The van der Waals surface area contributed by atoms with Gasteiger partial charge >= 0.3 is 0 Å². The molecule has 4 heteroatoms. The Balaban J connectivity index is 1.02. The van der Waals surface area contributed by atoms with Gasteiger partial charge in [0.05, 0.1) is 22.7 Å². The lowest BCUT2D eigenvalue weighted by molar-refractivity contribution is 0.640. The van der Waals surface area contributed by atoms with Crippen molar-refractivity contribution in [2.24, 2.45) is 0 Å². The molecule has 4 aromatic carbocycles. The zero-order valence-electron chi connectivity index (χ0n) is 19.1. The Morgan fingerprint density at radius 2 is 0.882 bits per heavy atom. The minimum atomic E-state index is 1.13. The predicted octanol–water partition coefficient (Wildman–Crippen LogP) is 9.45. The Morgan fingerprint density at radius 3 is 1.38 bits per heavy atom. The highest BCUT2D eigenvalue weighted by Crippen LogP contribution is 2.46. The van der Waals surface area contributed by atoms with Crippen LogP contribution >= 0.6 is 23.5 Å². The summed E-state index contributed by atoms with van der Waals surface area (Å²) < 4.78 is 0. The first kappa shape index (κ1) is 21.7. The van der Waals surface area contributed by atoms with E-state index in [0.717, 1.165) is 12.8 Å². The van der Waals surface area contributed by atoms with Crippen LogP contribution < -0.4 is 10.6 Å². The van der Waals surface area contributed by atoms with E-state index in [0.29, 0.717) is 0 Å². The van der Waals surface area contributed by atoms with Crippen molar-refractivity contribution in [1.29, 1.82) is 0 Å². The highest BCUT2D eigenvalue weighted by atomic mass is 32.2. The molecular formula is C30H28N2S2. The molecule has 0 aliphatic carbocycles. The number of unbranched alkanes of at least 4 members (excludes halogenated alkanes) is 3. The van der Waals surface area contributed by atoms with Gasteiger partial charge in [0.1, 0.15) is 0 Å². The normalized spacial score (nSPS) is 13.1. The molecule has 2 aliphatic heterocycles. The number of para-hydroxylation sites is 4. The van der Waals surface area contributed by atoms with Crippen molar-refractivity contribution >= 4 is 46.3 Å². The maximum absolute atomic E-state index is 3.69. The third-order valence-electron chi connectivity index (χ3n) is 6.60. The largest absolute Gasteiger partial charge is 0.353 e. The van der Waals surface area contributed by atoms with E-state index in [1.54, 1.807) is 0 Å². The van der Waals surface area contributed by atoms with Crippen molar-refractivity contribution < 1.29 is 0 Å². The lowest BCUT2D eigenvalue weighted by Crippen LogP contribution is -2.04. The van der Waals surface area contributed by atoms with Crippen molar-refractivity contribution in [3.05, 3.63) is 96.1 Å². The van der Waals surface area contributed by atoms with Crippen LogP contribution in [0.4, 0.5) is 22.7 Å². The van der Waals surface area contributed by atoms with Crippen LogP contribution in [0, 0.1) is 0 Å². The zero-order valence-corrected chi connectivity index (χ0v) is 20.8. The van der Waals surface area contributed by atoms with E-state index in [4.69, 9.17) is 0 Å². The Labute approximate surface area is 210 Å². The van der Waals surface area contributed by atoms with Gasteiger partial charge in [-0.2, -0.15) is 0 Å². The van der Waals surface area contributed by atoms with E-state index in [2.05, 4.69) is 95.6 Å². The molecule has 0 radical (unpaired) electrons. The van der Waals surface area contributed by atoms with E-state index in [-0.39, 0.29) is 0 Å². The van der Waals surface area contributed by atoms with E-state index in [9.17, 15) is 0 Å². The minimum absolute atomic E-state index is 1.13. The molecule has 0 atom stereocenters. The summed E-state index contributed by atoms with van der Waals surface area (Å²) in [5.41, 5.74) is 7.96. The molecule has 2 aliphatic rings. The second-order valence-electron chi connectivity index (χ2n) is 8.94. The van der Waals surface area contributed by atoms with Gasteiger partial charge in [0.15, 0.2) is 0 Å².